The zero-order chi connectivity index (χ0) is 18.7. The molecule has 3 atom stereocenters. The fourth-order valence-corrected chi connectivity index (χ4v) is 4.55. The summed E-state index contributed by atoms with van der Waals surface area (Å²) in [7, 11) is 2.93. The van der Waals surface area contributed by atoms with Gasteiger partial charge in [0.25, 0.3) is 5.69 Å². The maximum absolute atomic E-state index is 12.2. The SMILES string of the molecule is COc1cc(CCNC(=O)C[C@@H]2C[C@H]3CC[C@H]2C3)c([N+](=O)[O-])cc1OC. The van der Waals surface area contributed by atoms with Crippen molar-refractivity contribution in [1.82, 2.24) is 5.32 Å². The Balaban J connectivity index is 1.56. The van der Waals surface area contributed by atoms with Crippen LogP contribution in [-0.4, -0.2) is 31.6 Å². The van der Waals surface area contributed by atoms with E-state index in [0.717, 1.165) is 11.8 Å². The number of methoxy groups -OCH3 is 2. The zero-order valence-corrected chi connectivity index (χ0v) is 15.3. The van der Waals surface area contributed by atoms with E-state index in [-0.39, 0.29) is 11.6 Å². The van der Waals surface area contributed by atoms with Gasteiger partial charge >= 0.3 is 0 Å². The Morgan fingerprint density at radius 1 is 1.23 bits per heavy atom. The van der Waals surface area contributed by atoms with Gasteiger partial charge in [0.2, 0.25) is 5.91 Å². The van der Waals surface area contributed by atoms with Gasteiger partial charge in [0, 0.05) is 18.5 Å². The Morgan fingerprint density at radius 3 is 2.54 bits per heavy atom. The van der Waals surface area contributed by atoms with E-state index in [1.165, 1.54) is 46.0 Å². The molecule has 0 heterocycles. The van der Waals surface area contributed by atoms with Crippen LogP contribution in [0.2, 0.25) is 0 Å². The number of rotatable bonds is 8. The molecule has 0 spiro atoms. The standard InChI is InChI=1S/C19H26N2O5/c1-25-17-9-14(16(21(23)24)11-18(17)26-2)5-6-20-19(22)10-15-8-12-3-4-13(15)7-12/h9,11-13,15H,3-8,10H2,1-2H3,(H,20,22)/t12-,13-,15-/m0/s1. The topological polar surface area (TPSA) is 90.7 Å². The van der Waals surface area contributed by atoms with Crippen LogP contribution in [0.15, 0.2) is 12.1 Å². The highest BCUT2D eigenvalue weighted by molar-refractivity contribution is 5.76. The molecule has 0 saturated heterocycles. The zero-order valence-electron chi connectivity index (χ0n) is 15.3. The number of benzene rings is 1. The van der Waals surface area contributed by atoms with Crippen molar-refractivity contribution in [2.75, 3.05) is 20.8 Å². The van der Waals surface area contributed by atoms with Gasteiger partial charge < -0.3 is 14.8 Å². The average molecular weight is 362 g/mol. The monoisotopic (exact) mass is 362 g/mol. The van der Waals surface area contributed by atoms with E-state index in [0.29, 0.717) is 42.4 Å². The molecule has 2 aliphatic carbocycles. The molecule has 26 heavy (non-hydrogen) atoms. The predicted octanol–water partition coefficient (Wildman–Crippen LogP) is 3.10. The molecule has 0 radical (unpaired) electrons. The number of carbonyl (C=O) groups excluding carboxylic acids is 1. The van der Waals surface area contributed by atoms with Crippen molar-refractivity contribution in [3.05, 3.63) is 27.8 Å². The maximum atomic E-state index is 12.2. The lowest BCUT2D eigenvalue weighted by Crippen LogP contribution is -2.29. The van der Waals surface area contributed by atoms with Crippen molar-refractivity contribution in [3.8, 4) is 11.5 Å². The Labute approximate surface area is 153 Å². The van der Waals surface area contributed by atoms with Crippen molar-refractivity contribution in [3.63, 3.8) is 0 Å². The minimum atomic E-state index is -0.436. The van der Waals surface area contributed by atoms with Crippen LogP contribution in [0.3, 0.4) is 0 Å². The maximum Gasteiger partial charge on any atom is 0.276 e. The first kappa shape index (κ1) is 18.5. The number of ether oxygens (including phenoxy) is 2. The van der Waals surface area contributed by atoms with Crippen LogP contribution < -0.4 is 14.8 Å². The number of hydrogen-bond donors (Lipinski definition) is 1. The molecule has 3 rings (SSSR count). The third-order valence-electron chi connectivity index (χ3n) is 5.83. The lowest BCUT2D eigenvalue weighted by atomic mass is 9.86. The smallest absolute Gasteiger partial charge is 0.276 e. The van der Waals surface area contributed by atoms with Crippen molar-refractivity contribution in [2.45, 2.75) is 38.5 Å². The molecule has 142 valence electrons. The summed E-state index contributed by atoms with van der Waals surface area (Å²) < 4.78 is 10.3. The minimum absolute atomic E-state index is 0.0231. The van der Waals surface area contributed by atoms with Crippen LogP contribution in [0.1, 0.15) is 37.7 Å². The number of nitro groups is 1. The van der Waals surface area contributed by atoms with Crippen molar-refractivity contribution in [1.29, 1.82) is 0 Å². The highest BCUT2D eigenvalue weighted by Gasteiger charge is 2.40. The van der Waals surface area contributed by atoms with E-state index >= 15 is 0 Å². The first-order valence-electron chi connectivity index (χ1n) is 9.17. The number of nitro benzene ring substituents is 1. The number of fused-ring (bicyclic) bond motifs is 2. The summed E-state index contributed by atoms with van der Waals surface area (Å²) >= 11 is 0. The molecular weight excluding hydrogens is 336 g/mol. The number of hydrogen-bond acceptors (Lipinski definition) is 5. The van der Waals surface area contributed by atoms with Crippen LogP contribution in [-0.2, 0) is 11.2 Å². The van der Waals surface area contributed by atoms with Crippen molar-refractivity contribution >= 4 is 11.6 Å². The normalized spacial score (nSPS) is 23.7. The molecule has 0 aliphatic heterocycles. The van der Waals surface area contributed by atoms with Gasteiger partial charge in [-0.3, -0.25) is 14.9 Å². The largest absolute Gasteiger partial charge is 0.493 e. The summed E-state index contributed by atoms with van der Waals surface area (Å²) in [6.45, 7) is 0.371. The summed E-state index contributed by atoms with van der Waals surface area (Å²) in [5, 5.41) is 14.2. The molecule has 1 aromatic rings. The van der Waals surface area contributed by atoms with Gasteiger partial charge in [0.05, 0.1) is 25.2 Å². The van der Waals surface area contributed by atoms with Crippen molar-refractivity contribution in [2.24, 2.45) is 17.8 Å². The molecule has 2 saturated carbocycles. The van der Waals surface area contributed by atoms with Crippen LogP contribution in [0.25, 0.3) is 0 Å². The Bertz CT molecular complexity index is 691. The Kier molecular flexibility index (Phi) is 5.64. The second-order valence-corrected chi connectivity index (χ2v) is 7.33. The predicted molar refractivity (Wildman–Crippen MR) is 96.5 cm³/mol. The van der Waals surface area contributed by atoms with E-state index in [9.17, 15) is 14.9 Å². The molecule has 1 amide bonds. The van der Waals surface area contributed by atoms with Crippen LogP contribution >= 0.6 is 0 Å². The van der Waals surface area contributed by atoms with Crippen LogP contribution in [0, 0.1) is 27.9 Å². The first-order valence-corrected chi connectivity index (χ1v) is 9.17. The summed E-state index contributed by atoms with van der Waals surface area (Å²) in [4.78, 5) is 23.1. The first-order chi connectivity index (χ1) is 12.5. The third kappa shape index (κ3) is 3.92. The van der Waals surface area contributed by atoms with Gasteiger partial charge in [-0.1, -0.05) is 6.42 Å². The molecule has 7 heteroatoms. The van der Waals surface area contributed by atoms with Crippen LogP contribution in [0.4, 0.5) is 5.69 Å². The summed E-state index contributed by atoms with van der Waals surface area (Å²) in [5.41, 5.74) is 0.498. The van der Waals surface area contributed by atoms with E-state index < -0.39 is 4.92 Å². The van der Waals surface area contributed by atoms with E-state index in [1.807, 2.05) is 0 Å². The van der Waals surface area contributed by atoms with Gasteiger partial charge in [-0.25, -0.2) is 0 Å². The molecular formula is C19H26N2O5. The number of carbonyl (C=O) groups is 1. The van der Waals surface area contributed by atoms with E-state index in [1.54, 1.807) is 6.07 Å². The number of nitrogens with zero attached hydrogens (tertiary/aromatic N) is 1. The fourth-order valence-electron chi connectivity index (χ4n) is 4.55. The van der Waals surface area contributed by atoms with E-state index in [2.05, 4.69) is 5.32 Å². The summed E-state index contributed by atoms with van der Waals surface area (Å²) in [6.07, 6.45) is 6.01. The molecule has 2 bridgehead atoms. The number of amides is 1. The minimum Gasteiger partial charge on any atom is -0.493 e. The summed E-state index contributed by atoms with van der Waals surface area (Å²) in [6, 6.07) is 2.98. The second-order valence-electron chi connectivity index (χ2n) is 7.33. The van der Waals surface area contributed by atoms with Gasteiger partial charge in [-0.2, -0.15) is 0 Å². The average Bonchev–Trinajstić information content (AvgIpc) is 3.23. The number of nitrogens with one attached hydrogen (secondary N) is 1. The van der Waals surface area contributed by atoms with Gasteiger partial charge in [-0.05, 0) is 49.5 Å². The lowest BCUT2D eigenvalue weighted by Gasteiger charge is -2.20. The molecule has 0 unspecified atom stereocenters. The molecule has 2 aliphatic rings. The van der Waals surface area contributed by atoms with Crippen molar-refractivity contribution < 1.29 is 19.2 Å². The lowest BCUT2D eigenvalue weighted by molar-refractivity contribution is -0.385. The second kappa shape index (κ2) is 7.93. The molecule has 0 aromatic heterocycles. The van der Waals surface area contributed by atoms with Gasteiger partial charge in [0.15, 0.2) is 11.5 Å². The quantitative estimate of drug-likeness (QED) is 0.567. The van der Waals surface area contributed by atoms with E-state index in [4.69, 9.17) is 9.47 Å². The van der Waals surface area contributed by atoms with Crippen LogP contribution in [0.5, 0.6) is 11.5 Å². The Hall–Kier alpha value is -2.31. The van der Waals surface area contributed by atoms with Gasteiger partial charge in [0.1, 0.15) is 0 Å². The fraction of sp³-hybridized carbons (Fsp3) is 0.632. The molecule has 1 aromatic carbocycles. The van der Waals surface area contributed by atoms with Gasteiger partial charge in [-0.15, -0.1) is 0 Å². The molecule has 2 fully saturated rings. The summed E-state index contributed by atoms with van der Waals surface area (Å²) in [5.74, 6) is 2.88. The third-order valence-corrected chi connectivity index (χ3v) is 5.83. The highest BCUT2D eigenvalue weighted by Crippen LogP contribution is 2.49. The Morgan fingerprint density at radius 2 is 1.96 bits per heavy atom. The highest BCUT2D eigenvalue weighted by atomic mass is 16.6. The molecule has 1 N–H and O–H groups in total. The molecule has 7 nitrogen and oxygen atoms in total.